The lowest BCUT2D eigenvalue weighted by Gasteiger charge is -2.26. The fourth-order valence-corrected chi connectivity index (χ4v) is 2.76. The monoisotopic (exact) mass is 402 g/mol. The van der Waals surface area contributed by atoms with Crippen LogP contribution < -0.4 is 26.8 Å². The molecular formula is C17H13F3N8O. The van der Waals surface area contributed by atoms with E-state index in [4.69, 9.17) is 21.5 Å². The van der Waals surface area contributed by atoms with Crippen molar-refractivity contribution in [3.63, 3.8) is 0 Å². The Morgan fingerprint density at radius 3 is 2.69 bits per heavy atom. The zero-order chi connectivity index (χ0) is 21.2. The van der Waals surface area contributed by atoms with Crippen molar-refractivity contribution in [3.8, 4) is 18.0 Å². The lowest BCUT2D eigenvalue weighted by atomic mass is 9.95. The number of hydrogen-bond donors (Lipinski definition) is 4. The highest BCUT2D eigenvalue weighted by Gasteiger charge is 2.31. The number of nitriles is 2. The zero-order valence-electron chi connectivity index (χ0n) is 14.6. The minimum atomic E-state index is -4.49. The smallest absolute Gasteiger partial charge is 0.422 e. The number of nitrogens with two attached hydrogens (primary N) is 2. The quantitative estimate of drug-likeness (QED) is 0.448. The molecule has 0 aliphatic carbocycles. The van der Waals surface area contributed by atoms with Gasteiger partial charge in [0.2, 0.25) is 5.96 Å². The molecule has 0 fully saturated rings. The van der Waals surface area contributed by atoms with Crippen molar-refractivity contribution in [3.05, 3.63) is 41.0 Å². The summed E-state index contributed by atoms with van der Waals surface area (Å²) in [7, 11) is 0. The summed E-state index contributed by atoms with van der Waals surface area (Å²) in [4.78, 5) is 8.42. The van der Waals surface area contributed by atoms with Gasteiger partial charge in [-0.3, -0.25) is 5.32 Å². The minimum Gasteiger partial charge on any atom is -0.484 e. The Kier molecular flexibility index (Phi) is 5.02. The molecule has 12 heteroatoms. The minimum absolute atomic E-state index is 0.0221. The molecule has 1 unspecified atom stereocenters. The van der Waals surface area contributed by atoms with E-state index in [1.54, 1.807) is 12.3 Å². The second-order valence-electron chi connectivity index (χ2n) is 5.88. The number of nitrogens with zero attached hydrogens (tertiary/aromatic N) is 4. The number of benzene rings is 1. The Morgan fingerprint density at radius 2 is 2.03 bits per heavy atom. The van der Waals surface area contributed by atoms with E-state index < -0.39 is 18.8 Å². The van der Waals surface area contributed by atoms with E-state index in [0.29, 0.717) is 11.1 Å². The van der Waals surface area contributed by atoms with Gasteiger partial charge in [0.1, 0.15) is 35.1 Å². The normalized spacial score (nSPS) is 15.2. The molecule has 0 amide bonds. The van der Waals surface area contributed by atoms with Crippen LogP contribution in [-0.2, 0) is 0 Å². The van der Waals surface area contributed by atoms with Crippen molar-refractivity contribution in [1.82, 2.24) is 10.3 Å². The molecule has 3 rings (SSSR count). The summed E-state index contributed by atoms with van der Waals surface area (Å²) in [6, 6.07) is 6.79. The van der Waals surface area contributed by atoms with Gasteiger partial charge < -0.3 is 21.5 Å². The van der Waals surface area contributed by atoms with Gasteiger partial charge in [-0.05, 0) is 17.7 Å². The number of nitrogen functional groups attached to an aromatic ring is 2. The first-order valence-corrected chi connectivity index (χ1v) is 8.02. The van der Waals surface area contributed by atoms with Crippen molar-refractivity contribution >= 4 is 23.3 Å². The first-order valence-electron chi connectivity index (χ1n) is 8.02. The average Bonchev–Trinajstić information content (AvgIpc) is 2.66. The molecule has 1 aliphatic rings. The van der Waals surface area contributed by atoms with Gasteiger partial charge in [0.25, 0.3) is 0 Å². The second-order valence-corrected chi connectivity index (χ2v) is 5.88. The van der Waals surface area contributed by atoms with E-state index in [-0.39, 0.29) is 34.6 Å². The summed E-state index contributed by atoms with van der Waals surface area (Å²) in [6.07, 6.45) is -2.79. The summed E-state index contributed by atoms with van der Waals surface area (Å²) < 4.78 is 42.1. The average molecular weight is 402 g/mol. The Labute approximate surface area is 162 Å². The van der Waals surface area contributed by atoms with Gasteiger partial charge >= 0.3 is 6.18 Å². The van der Waals surface area contributed by atoms with Crippen molar-refractivity contribution in [2.45, 2.75) is 12.2 Å². The number of pyridine rings is 1. The predicted octanol–water partition coefficient (Wildman–Crippen LogP) is 2.00. The van der Waals surface area contributed by atoms with Crippen LogP contribution in [0.5, 0.6) is 5.75 Å². The van der Waals surface area contributed by atoms with Gasteiger partial charge in [0.05, 0.1) is 5.69 Å². The van der Waals surface area contributed by atoms with Gasteiger partial charge in [0, 0.05) is 5.56 Å². The summed E-state index contributed by atoms with van der Waals surface area (Å²) in [5.41, 5.74) is 12.5. The largest absolute Gasteiger partial charge is 0.484 e. The number of alkyl halides is 3. The summed E-state index contributed by atoms with van der Waals surface area (Å²) in [5, 5.41) is 23.3. The molecule has 1 aromatic carbocycles. The van der Waals surface area contributed by atoms with Crippen molar-refractivity contribution in [2.75, 3.05) is 23.4 Å². The van der Waals surface area contributed by atoms with Crippen LogP contribution in [0.1, 0.15) is 22.7 Å². The molecule has 148 valence electrons. The van der Waals surface area contributed by atoms with Crippen LogP contribution in [0.4, 0.5) is 30.5 Å². The fourth-order valence-electron chi connectivity index (χ4n) is 2.76. The van der Waals surface area contributed by atoms with E-state index in [1.165, 1.54) is 18.2 Å². The summed E-state index contributed by atoms with van der Waals surface area (Å²) in [5.74, 6) is 0.0452. The van der Waals surface area contributed by atoms with Gasteiger partial charge in [-0.1, -0.05) is 12.1 Å². The van der Waals surface area contributed by atoms with Crippen LogP contribution in [0, 0.1) is 22.8 Å². The van der Waals surface area contributed by atoms with Crippen LogP contribution in [0.2, 0.25) is 0 Å². The van der Waals surface area contributed by atoms with Crippen molar-refractivity contribution in [2.24, 2.45) is 4.99 Å². The number of guanidine groups is 1. The second kappa shape index (κ2) is 7.44. The molecular weight excluding hydrogens is 389 g/mol. The molecule has 1 aliphatic heterocycles. The SMILES string of the molecule is N#CNC1=NC(c2cccc(OCC(F)(F)F)c2)c2c(nc(N)c(C#N)c2N)N1. The lowest BCUT2D eigenvalue weighted by molar-refractivity contribution is -0.153. The molecule has 29 heavy (non-hydrogen) atoms. The standard InChI is InChI=1S/C17H13F3N8O/c18-17(19,20)6-29-9-3-1-2-8(4-9)13-11-12(23)10(5-21)14(24)27-15(11)28-16(26-13)25-7-22/h1-4,13H,6H2,(H6,23,24,25,26,27,28). The highest BCUT2D eigenvalue weighted by atomic mass is 19.4. The first-order chi connectivity index (χ1) is 13.7. The third-order valence-electron chi connectivity index (χ3n) is 3.93. The molecule has 6 N–H and O–H groups in total. The van der Waals surface area contributed by atoms with Crippen LogP contribution in [0.25, 0.3) is 0 Å². The van der Waals surface area contributed by atoms with E-state index in [0.717, 1.165) is 0 Å². The number of aromatic nitrogens is 1. The van der Waals surface area contributed by atoms with Crippen molar-refractivity contribution in [1.29, 1.82) is 10.5 Å². The Hall–Kier alpha value is -4.19. The Bertz CT molecular complexity index is 1070. The van der Waals surface area contributed by atoms with Gasteiger partial charge in [-0.25, -0.2) is 9.98 Å². The van der Waals surface area contributed by atoms with Crippen LogP contribution in [-0.4, -0.2) is 23.7 Å². The van der Waals surface area contributed by atoms with E-state index >= 15 is 0 Å². The number of nitrogens with one attached hydrogen (secondary N) is 2. The van der Waals surface area contributed by atoms with E-state index in [1.807, 2.05) is 6.07 Å². The number of ether oxygens (including phenoxy) is 1. The topological polar surface area (TPSA) is 158 Å². The lowest BCUT2D eigenvalue weighted by Crippen LogP contribution is -2.32. The highest BCUT2D eigenvalue weighted by Crippen LogP contribution is 2.41. The maximum Gasteiger partial charge on any atom is 0.422 e. The Morgan fingerprint density at radius 1 is 1.28 bits per heavy atom. The maximum atomic E-state index is 12.4. The summed E-state index contributed by atoms with van der Waals surface area (Å²) in [6.45, 7) is -1.46. The molecule has 0 spiro atoms. The van der Waals surface area contributed by atoms with Crippen LogP contribution >= 0.6 is 0 Å². The number of hydrogen-bond acceptors (Lipinski definition) is 9. The van der Waals surface area contributed by atoms with E-state index in [2.05, 4.69) is 20.6 Å². The fraction of sp³-hybridized carbons (Fsp3) is 0.176. The number of rotatable bonds is 3. The number of aliphatic imine (C=N–C) groups is 1. The molecule has 0 saturated carbocycles. The van der Waals surface area contributed by atoms with Crippen molar-refractivity contribution < 1.29 is 17.9 Å². The zero-order valence-corrected chi connectivity index (χ0v) is 14.6. The maximum absolute atomic E-state index is 12.4. The first kappa shape index (κ1) is 19.6. The number of fused-ring (bicyclic) bond motifs is 1. The van der Waals surface area contributed by atoms with Crippen LogP contribution in [0.15, 0.2) is 29.3 Å². The molecule has 0 radical (unpaired) electrons. The third-order valence-corrected chi connectivity index (χ3v) is 3.93. The van der Waals surface area contributed by atoms with Gasteiger partial charge in [-0.15, -0.1) is 0 Å². The molecule has 1 atom stereocenters. The summed E-state index contributed by atoms with van der Waals surface area (Å²) >= 11 is 0. The molecule has 0 bridgehead atoms. The third kappa shape index (κ3) is 4.06. The van der Waals surface area contributed by atoms with Gasteiger partial charge in [-0.2, -0.15) is 23.7 Å². The molecule has 9 nitrogen and oxygen atoms in total. The van der Waals surface area contributed by atoms with Crippen LogP contribution in [0.3, 0.4) is 0 Å². The molecule has 1 aromatic heterocycles. The molecule has 2 aromatic rings. The Balaban J connectivity index is 2.09. The molecule has 0 saturated heterocycles. The number of halogens is 3. The van der Waals surface area contributed by atoms with E-state index in [9.17, 15) is 18.4 Å². The van der Waals surface area contributed by atoms with Gasteiger partial charge in [0.15, 0.2) is 12.8 Å². The molecule has 2 heterocycles. The highest BCUT2D eigenvalue weighted by molar-refractivity contribution is 5.98. The predicted molar refractivity (Wildman–Crippen MR) is 97.4 cm³/mol. The number of anilines is 3.